The van der Waals surface area contributed by atoms with Gasteiger partial charge < -0.3 is 25.1 Å². The molecule has 0 radical (unpaired) electrons. The Morgan fingerprint density at radius 3 is 2.32 bits per heavy atom. The summed E-state index contributed by atoms with van der Waals surface area (Å²) in [5.74, 6) is -2.67. The van der Waals surface area contributed by atoms with Gasteiger partial charge in [0.15, 0.2) is 0 Å². The zero-order valence-corrected chi connectivity index (χ0v) is 13.8. The van der Waals surface area contributed by atoms with Gasteiger partial charge in [0.1, 0.15) is 0 Å². The molecule has 0 bridgehead atoms. The van der Waals surface area contributed by atoms with Crippen molar-refractivity contribution in [3.63, 3.8) is 0 Å². The molecule has 3 rings (SSSR count). The van der Waals surface area contributed by atoms with Crippen LogP contribution in [0.15, 0.2) is 42.6 Å². The Morgan fingerprint density at radius 1 is 1.04 bits per heavy atom. The van der Waals surface area contributed by atoms with Crippen molar-refractivity contribution < 1.29 is 19.8 Å². The Balaban J connectivity index is 2.15. The minimum absolute atomic E-state index is 0.0212. The summed E-state index contributed by atoms with van der Waals surface area (Å²) >= 11 is 6.10. The summed E-state index contributed by atoms with van der Waals surface area (Å²) in [5.41, 5.74) is 2.00. The van der Waals surface area contributed by atoms with Crippen molar-refractivity contribution in [2.75, 3.05) is 5.32 Å². The predicted molar refractivity (Wildman–Crippen MR) is 89.9 cm³/mol. The minimum atomic E-state index is -1.38. The monoisotopic (exact) mass is 354 g/mol. The second-order valence-corrected chi connectivity index (χ2v) is 5.80. The molecule has 25 heavy (non-hydrogen) atoms. The van der Waals surface area contributed by atoms with Gasteiger partial charge >= 0.3 is 0 Å². The van der Waals surface area contributed by atoms with Gasteiger partial charge in [0.2, 0.25) is 0 Å². The number of aromatic nitrogens is 1. The van der Waals surface area contributed by atoms with E-state index in [1.165, 1.54) is 30.5 Å². The van der Waals surface area contributed by atoms with E-state index >= 15 is 0 Å². The second-order valence-electron chi connectivity index (χ2n) is 5.39. The van der Waals surface area contributed by atoms with E-state index < -0.39 is 11.9 Å². The van der Waals surface area contributed by atoms with Crippen molar-refractivity contribution >= 4 is 45.8 Å². The van der Waals surface area contributed by atoms with Crippen LogP contribution in [-0.4, -0.2) is 16.9 Å². The van der Waals surface area contributed by atoms with Crippen LogP contribution in [-0.2, 0) is 0 Å². The van der Waals surface area contributed by atoms with Crippen LogP contribution in [0.2, 0.25) is 5.02 Å². The van der Waals surface area contributed by atoms with Gasteiger partial charge in [-0.15, -0.1) is 0 Å². The first-order valence-electron chi connectivity index (χ1n) is 7.26. The fourth-order valence-electron chi connectivity index (χ4n) is 2.51. The Hall–Kier alpha value is -3.12. The van der Waals surface area contributed by atoms with Crippen LogP contribution < -0.4 is 15.5 Å². The summed E-state index contributed by atoms with van der Waals surface area (Å²) in [6.45, 7) is 1.79. The maximum Gasteiger partial charge on any atom is 0.0767 e. The summed E-state index contributed by atoms with van der Waals surface area (Å²) in [5, 5.41) is 26.3. The third-order valence-electron chi connectivity index (χ3n) is 3.84. The van der Waals surface area contributed by atoms with Crippen LogP contribution in [0.1, 0.15) is 26.3 Å². The molecule has 0 saturated carbocycles. The summed E-state index contributed by atoms with van der Waals surface area (Å²) < 4.78 is 0. The highest BCUT2D eigenvalue weighted by Gasteiger charge is 2.13. The van der Waals surface area contributed by atoms with Gasteiger partial charge in [-0.1, -0.05) is 23.7 Å². The Morgan fingerprint density at radius 2 is 1.72 bits per heavy atom. The number of halogens is 1. The molecule has 0 fully saturated rings. The molecule has 3 aromatic rings. The first kappa shape index (κ1) is 16.7. The van der Waals surface area contributed by atoms with Crippen LogP contribution >= 0.6 is 11.6 Å². The number of rotatable bonds is 4. The molecule has 0 aliphatic heterocycles. The quantitative estimate of drug-likeness (QED) is 0.764. The zero-order valence-electron chi connectivity index (χ0n) is 13.0. The summed E-state index contributed by atoms with van der Waals surface area (Å²) in [6, 6.07) is 9.08. The molecular weight excluding hydrogens is 344 g/mol. The van der Waals surface area contributed by atoms with Crippen molar-refractivity contribution in [1.29, 1.82) is 0 Å². The summed E-state index contributed by atoms with van der Waals surface area (Å²) in [4.78, 5) is 26.4. The van der Waals surface area contributed by atoms with E-state index in [1.807, 2.05) is 0 Å². The smallest absolute Gasteiger partial charge is 0.0767 e. The number of hydrogen-bond acceptors (Lipinski definition) is 6. The normalized spacial score (nSPS) is 10.6. The molecule has 0 saturated heterocycles. The van der Waals surface area contributed by atoms with Crippen molar-refractivity contribution in [3.8, 4) is 0 Å². The standard InChI is InChI=1S/C18H13ClN2O4/c1-9-14(19)7-6-12-15(9)20-8-13(18(24)25)16(12)21-11-4-2-10(3-5-11)17(22)23/h2-8H,1H3,(H,20,21)(H,22,23)(H,24,25)/p-2. The maximum atomic E-state index is 11.4. The van der Waals surface area contributed by atoms with Gasteiger partial charge in [-0.25, -0.2) is 0 Å². The number of carbonyl (C=O) groups excluding carboxylic acids is 2. The molecule has 1 heterocycles. The van der Waals surface area contributed by atoms with E-state index in [4.69, 9.17) is 11.6 Å². The molecular formula is C18H11ClN2O4-2. The van der Waals surface area contributed by atoms with Gasteiger partial charge in [-0.2, -0.15) is 0 Å². The number of aryl methyl sites for hydroxylation is 1. The lowest BCUT2D eigenvalue weighted by Crippen LogP contribution is -2.24. The predicted octanol–water partition coefficient (Wildman–Crippen LogP) is 1.67. The summed E-state index contributed by atoms with van der Waals surface area (Å²) in [6.07, 6.45) is 1.21. The van der Waals surface area contributed by atoms with E-state index in [1.54, 1.807) is 19.1 Å². The number of anilines is 2. The van der Waals surface area contributed by atoms with Gasteiger partial charge in [0, 0.05) is 27.9 Å². The van der Waals surface area contributed by atoms with Crippen LogP contribution in [0.4, 0.5) is 11.4 Å². The Labute approximate surface area is 147 Å². The molecule has 0 aliphatic rings. The fourth-order valence-corrected chi connectivity index (χ4v) is 2.66. The molecule has 126 valence electrons. The number of nitrogens with one attached hydrogen (secondary N) is 1. The number of carbonyl (C=O) groups is 2. The Bertz CT molecular complexity index is 1000. The zero-order chi connectivity index (χ0) is 18.1. The van der Waals surface area contributed by atoms with Crippen molar-refractivity contribution in [2.45, 2.75) is 6.92 Å². The number of aromatic carboxylic acids is 2. The molecule has 0 spiro atoms. The highest BCUT2D eigenvalue weighted by atomic mass is 35.5. The lowest BCUT2D eigenvalue weighted by molar-refractivity contribution is -0.256. The molecule has 7 heteroatoms. The van der Waals surface area contributed by atoms with Gasteiger partial charge in [0.05, 0.1) is 23.1 Å². The molecule has 0 unspecified atom stereocenters. The van der Waals surface area contributed by atoms with Crippen molar-refractivity contribution in [3.05, 3.63) is 64.3 Å². The number of nitrogens with zero attached hydrogens (tertiary/aromatic N) is 1. The molecule has 0 amide bonds. The highest BCUT2D eigenvalue weighted by molar-refractivity contribution is 6.32. The third-order valence-corrected chi connectivity index (χ3v) is 4.25. The fraction of sp³-hybridized carbons (Fsp3) is 0.0556. The number of pyridine rings is 1. The molecule has 1 N–H and O–H groups in total. The SMILES string of the molecule is Cc1c(Cl)ccc2c(Nc3ccc(C(=O)[O-])cc3)c(C(=O)[O-])cnc12. The Kier molecular flexibility index (Phi) is 4.29. The van der Waals surface area contributed by atoms with Gasteiger partial charge in [0.25, 0.3) is 0 Å². The average molecular weight is 355 g/mol. The number of carboxylic acid groups (broad SMARTS) is 2. The van der Waals surface area contributed by atoms with Crippen LogP contribution in [0.5, 0.6) is 0 Å². The molecule has 0 aliphatic carbocycles. The first-order valence-corrected chi connectivity index (χ1v) is 7.64. The number of fused-ring (bicyclic) bond motifs is 1. The van der Waals surface area contributed by atoms with E-state index in [-0.39, 0.29) is 11.1 Å². The molecule has 1 aromatic heterocycles. The minimum Gasteiger partial charge on any atom is -0.545 e. The molecule has 0 atom stereocenters. The molecule has 2 aromatic carbocycles. The van der Waals surface area contributed by atoms with E-state index in [0.29, 0.717) is 27.3 Å². The topological polar surface area (TPSA) is 105 Å². The van der Waals surface area contributed by atoms with Crippen LogP contribution in [0.3, 0.4) is 0 Å². The number of benzene rings is 2. The van der Waals surface area contributed by atoms with Gasteiger partial charge in [-0.05, 0) is 42.3 Å². The van der Waals surface area contributed by atoms with Crippen LogP contribution in [0, 0.1) is 6.92 Å². The van der Waals surface area contributed by atoms with E-state index in [0.717, 1.165) is 5.56 Å². The van der Waals surface area contributed by atoms with E-state index in [2.05, 4.69) is 10.3 Å². The maximum absolute atomic E-state index is 11.4. The number of carboxylic acids is 2. The lowest BCUT2D eigenvalue weighted by atomic mass is 10.1. The highest BCUT2D eigenvalue weighted by Crippen LogP contribution is 2.33. The third kappa shape index (κ3) is 3.12. The van der Waals surface area contributed by atoms with E-state index in [9.17, 15) is 19.8 Å². The lowest BCUT2D eigenvalue weighted by Gasteiger charge is -2.17. The van der Waals surface area contributed by atoms with Crippen molar-refractivity contribution in [1.82, 2.24) is 4.98 Å². The first-order chi connectivity index (χ1) is 11.9. The largest absolute Gasteiger partial charge is 0.545 e. The number of hydrogen-bond donors (Lipinski definition) is 1. The summed E-state index contributed by atoms with van der Waals surface area (Å²) in [7, 11) is 0. The van der Waals surface area contributed by atoms with Crippen molar-refractivity contribution in [2.24, 2.45) is 0 Å². The van der Waals surface area contributed by atoms with Crippen LogP contribution in [0.25, 0.3) is 10.9 Å². The van der Waals surface area contributed by atoms with Gasteiger partial charge in [-0.3, -0.25) is 4.98 Å². The average Bonchev–Trinajstić information content (AvgIpc) is 2.58. The second kappa shape index (κ2) is 6.41. The molecule has 6 nitrogen and oxygen atoms in total.